The van der Waals surface area contributed by atoms with Crippen LogP contribution < -0.4 is 5.32 Å². The van der Waals surface area contributed by atoms with Gasteiger partial charge in [-0.25, -0.2) is 0 Å². The van der Waals surface area contributed by atoms with Crippen molar-refractivity contribution in [3.8, 4) is 0 Å². The zero-order chi connectivity index (χ0) is 12.6. The molecule has 1 rings (SSSR count). The van der Waals surface area contributed by atoms with E-state index in [4.69, 9.17) is 0 Å². The Morgan fingerprint density at radius 1 is 1.06 bits per heavy atom. The van der Waals surface area contributed by atoms with Crippen molar-refractivity contribution in [3.63, 3.8) is 0 Å². The average Bonchev–Trinajstić information content (AvgIpc) is 2.31. The van der Waals surface area contributed by atoms with Gasteiger partial charge in [-0.1, -0.05) is 57.5 Å². The van der Waals surface area contributed by atoms with Gasteiger partial charge < -0.3 is 5.32 Å². The van der Waals surface area contributed by atoms with Crippen LogP contribution in [0, 0.1) is 5.41 Å². The Balaban J connectivity index is 2.57. The number of hydrogen-bond donors (Lipinski definition) is 1. The molecule has 0 aliphatic carbocycles. The molecule has 1 N–H and O–H groups in total. The molecule has 1 aromatic rings. The van der Waals surface area contributed by atoms with Gasteiger partial charge in [-0.3, -0.25) is 0 Å². The van der Waals surface area contributed by atoms with E-state index in [1.807, 2.05) is 0 Å². The topological polar surface area (TPSA) is 12.0 Å². The zero-order valence-corrected chi connectivity index (χ0v) is 11.6. The molecule has 1 aromatic carbocycles. The van der Waals surface area contributed by atoms with Gasteiger partial charge in [-0.2, -0.15) is 0 Å². The van der Waals surface area contributed by atoms with Gasteiger partial charge in [-0.05, 0) is 36.8 Å². The molecule has 0 bridgehead atoms. The van der Waals surface area contributed by atoms with Crippen LogP contribution in [0.25, 0.3) is 0 Å². The van der Waals surface area contributed by atoms with E-state index in [0.29, 0.717) is 5.41 Å². The Kier molecular flexibility index (Phi) is 6.28. The molecule has 0 aliphatic rings. The fourth-order valence-corrected chi connectivity index (χ4v) is 2.50. The Morgan fingerprint density at radius 2 is 1.76 bits per heavy atom. The monoisotopic (exact) mass is 233 g/mol. The lowest BCUT2D eigenvalue weighted by Crippen LogP contribution is -2.34. The van der Waals surface area contributed by atoms with Crippen molar-refractivity contribution in [2.75, 3.05) is 13.1 Å². The lowest BCUT2D eigenvalue weighted by Gasteiger charge is -2.30. The summed E-state index contributed by atoms with van der Waals surface area (Å²) in [5.74, 6) is 0. The van der Waals surface area contributed by atoms with Crippen molar-refractivity contribution >= 4 is 0 Å². The van der Waals surface area contributed by atoms with Crippen molar-refractivity contribution < 1.29 is 0 Å². The van der Waals surface area contributed by atoms with Crippen LogP contribution >= 0.6 is 0 Å². The fraction of sp³-hybridized carbons (Fsp3) is 0.625. The minimum atomic E-state index is 0.394. The largest absolute Gasteiger partial charge is 0.316 e. The highest BCUT2D eigenvalue weighted by atomic mass is 14.9. The highest BCUT2D eigenvalue weighted by molar-refractivity contribution is 5.16. The highest BCUT2D eigenvalue weighted by Gasteiger charge is 2.23. The summed E-state index contributed by atoms with van der Waals surface area (Å²) < 4.78 is 0. The van der Waals surface area contributed by atoms with Crippen molar-refractivity contribution in [2.24, 2.45) is 5.41 Å². The van der Waals surface area contributed by atoms with E-state index < -0.39 is 0 Å². The molecule has 0 heterocycles. The molecule has 0 spiro atoms. The summed E-state index contributed by atoms with van der Waals surface area (Å²) in [6.45, 7) is 9.17. The molecule has 0 amide bonds. The summed E-state index contributed by atoms with van der Waals surface area (Å²) in [7, 11) is 0. The number of rotatable bonds is 8. The summed E-state index contributed by atoms with van der Waals surface area (Å²) >= 11 is 0. The van der Waals surface area contributed by atoms with Crippen LogP contribution in [0.5, 0.6) is 0 Å². The van der Waals surface area contributed by atoms with Crippen LogP contribution in [0.1, 0.15) is 45.6 Å². The SMILES string of the molecule is CCCNCC(C)(CCC)Cc1ccccc1. The Labute approximate surface area is 107 Å². The minimum absolute atomic E-state index is 0.394. The van der Waals surface area contributed by atoms with Gasteiger partial charge in [0, 0.05) is 6.54 Å². The van der Waals surface area contributed by atoms with Gasteiger partial charge in [0.1, 0.15) is 0 Å². The smallest absolute Gasteiger partial charge is 0.000834 e. The molecule has 1 unspecified atom stereocenters. The van der Waals surface area contributed by atoms with E-state index in [1.165, 1.54) is 31.2 Å². The average molecular weight is 233 g/mol. The maximum Gasteiger partial charge on any atom is 0.000834 e. The Bertz CT molecular complexity index is 294. The molecule has 0 saturated carbocycles. The second-order valence-electron chi connectivity index (χ2n) is 5.40. The van der Waals surface area contributed by atoms with Crippen LogP contribution in [-0.4, -0.2) is 13.1 Å². The molecule has 0 aliphatic heterocycles. The van der Waals surface area contributed by atoms with Crippen molar-refractivity contribution in [2.45, 2.75) is 46.5 Å². The van der Waals surface area contributed by atoms with E-state index in [9.17, 15) is 0 Å². The maximum absolute atomic E-state index is 3.58. The number of benzene rings is 1. The van der Waals surface area contributed by atoms with E-state index in [1.54, 1.807) is 0 Å². The second-order valence-corrected chi connectivity index (χ2v) is 5.40. The van der Waals surface area contributed by atoms with Crippen LogP contribution in [0.2, 0.25) is 0 Å². The molecule has 0 saturated heterocycles. The van der Waals surface area contributed by atoms with E-state index in [0.717, 1.165) is 13.1 Å². The first kappa shape index (κ1) is 14.2. The molecule has 1 atom stereocenters. The first-order valence-electron chi connectivity index (χ1n) is 6.95. The standard InChI is InChI=1S/C16H27N/c1-4-11-16(3,14-17-12-5-2)13-15-9-7-6-8-10-15/h6-10,17H,4-5,11-14H2,1-3H3. The van der Waals surface area contributed by atoms with E-state index in [2.05, 4.69) is 56.4 Å². The normalized spacial score (nSPS) is 14.5. The quantitative estimate of drug-likeness (QED) is 0.668. The third-order valence-corrected chi connectivity index (χ3v) is 3.31. The molecule has 1 heteroatoms. The third kappa shape index (κ3) is 5.36. The zero-order valence-electron chi connectivity index (χ0n) is 11.6. The number of hydrogen-bond acceptors (Lipinski definition) is 1. The van der Waals surface area contributed by atoms with Gasteiger partial charge in [0.05, 0.1) is 0 Å². The lowest BCUT2D eigenvalue weighted by molar-refractivity contribution is 0.275. The van der Waals surface area contributed by atoms with Crippen LogP contribution in [0.4, 0.5) is 0 Å². The summed E-state index contributed by atoms with van der Waals surface area (Å²) in [6, 6.07) is 10.9. The molecular formula is C16H27N. The first-order chi connectivity index (χ1) is 8.20. The fourth-order valence-electron chi connectivity index (χ4n) is 2.50. The van der Waals surface area contributed by atoms with E-state index in [-0.39, 0.29) is 0 Å². The van der Waals surface area contributed by atoms with Gasteiger partial charge in [0.2, 0.25) is 0 Å². The van der Waals surface area contributed by atoms with Gasteiger partial charge in [0.25, 0.3) is 0 Å². The summed E-state index contributed by atoms with van der Waals surface area (Å²) in [4.78, 5) is 0. The Hall–Kier alpha value is -0.820. The summed E-state index contributed by atoms with van der Waals surface area (Å²) in [5, 5.41) is 3.58. The van der Waals surface area contributed by atoms with E-state index >= 15 is 0 Å². The molecule has 0 aromatic heterocycles. The molecule has 0 fully saturated rings. The molecular weight excluding hydrogens is 206 g/mol. The lowest BCUT2D eigenvalue weighted by atomic mass is 9.79. The van der Waals surface area contributed by atoms with Crippen LogP contribution in [-0.2, 0) is 6.42 Å². The molecule has 17 heavy (non-hydrogen) atoms. The van der Waals surface area contributed by atoms with Gasteiger partial charge in [-0.15, -0.1) is 0 Å². The van der Waals surface area contributed by atoms with Gasteiger partial charge in [0.15, 0.2) is 0 Å². The summed E-state index contributed by atoms with van der Waals surface area (Å²) in [6.07, 6.45) is 4.95. The second kappa shape index (κ2) is 7.50. The highest BCUT2D eigenvalue weighted by Crippen LogP contribution is 2.27. The van der Waals surface area contributed by atoms with Crippen molar-refractivity contribution in [1.29, 1.82) is 0 Å². The number of nitrogens with one attached hydrogen (secondary N) is 1. The predicted molar refractivity (Wildman–Crippen MR) is 76.3 cm³/mol. The minimum Gasteiger partial charge on any atom is -0.316 e. The predicted octanol–water partition coefficient (Wildman–Crippen LogP) is 4.04. The Morgan fingerprint density at radius 3 is 2.35 bits per heavy atom. The van der Waals surface area contributed by atoms with Gasteiger partial charge >= 0.3 is 0 Å². The molecule has 96 valence electrons. The maximum atomic E-state index is 3.58. The third-order valence-electron chi connectivity index (χ3n) is 3.31. The van der Waals surface area contributed by atoms with Crippen molar-refractivity contribution in [3.05, 3.63) is 35.9 Å². The molecule has 1 nitrogen and oxygen atoms in total. The first-order valence-corrected chi connectivity index (χ1v) is 6.95. The summed E-state index contributed by atoms with van der Waals surface area (Å²) in [5.41, 5.74) is 1.85. The van der Waals surface area contributed by atoms with Crippen LogP contribution in [0.15, 0.2) is 30.3 Å². The molecule has 0 radical (unpaired) electrons. The van der Waals surface area contributed by atoms with Crippen molar-refractivity contribution in [1.82, 2.24) is 5.32 Å². The van der Waals surface area contributed by atoms with Crippen LogP contribution in [0.3, 0.4) is 0 Å².